The summed E-state index contributed by atoms with van der Waals surface area (Å²) in [6.07, 6.45) is -1.04. The van der Waals surface area contributed by atoms with Crippen LogP contribution in [0.4, 0.5) is 0 Å². The van der Waals surface area contributed by atoms with Crippen LogP contribution in [0.3, 0.4) is 0 Å². The van der Waals surface area contributed by atoms with Gasteiger partial charge in [0.2, 0.25) is 6.29 Å². The van der Waals surface area contributed by atoms with Gasteiger partial charge in [0.25, 0.3) is 10.1 Å². The minimum Gasteiger partial charge on any atom is -0.396 e. The molecule has 1 atom stereocenters. The summed E-state index contributed by atoms with van der Waals surface area (Å²) >= 11 is 0. The summed E-state index contributed by atoms with van der Waals surface area (Å²) in [6, 6.07) is 0. The molecule has 0 amide bonds. The van der Waals surface area contributed by atoms with E-state index in [-0.39, 0.29) is 13.2 Å². The van der Waals surface area contributed by atoms with Crippen molar-refractivity contribution in [3.05, 3.63) is 0 Å². The van der Waals surface area contributed by atoms with Gasteiger partial charge in [-0.25, -0.2) is 0 Å². The van der Waals surface area contributed by atoms with Crippen LogP contribution in [0.25, 0.3) is 0 Å². The van der Waals surface area contributed by atoms with E-state index in [1.54, 1.807) is 0 Å². The topological polar surface area (TPSA) is 104 Å². The molecule has 0 saturated heterocycles. The largest absolute Gasteiger partial charge is 0.396 e. The first-order valence-electron chi connectivity index (χ1n) is 3.80. The van der Waals surface area contributed by atoms with Gasteiger partial charge in [0.1, 0.15) is 5.75 Å². The van der Waals surface area contributed by atoms with Crippen molar-refractivity contribution in [2.24, 2.45) is 0 Å². The lowest BCUT2D eigenvalue weighted by molar-refractivity contribution is -0.0602. The van der Waals surface area contributed by atoms with Gasteiger partial charge in [-0.05, 0) is 12.3 Å². The maximum Gasteiger partial charge on any atom is 0.276 e. The summed E-state index contributed by atoms with van der Waals surface area (Å²) in [5.74, 6) is 3.34. The number of hydrogen-bond acceptors (Lipinski definition) is 5. The van der Waals surface area contributed by atoms with Crippen molar-refractivity contribution in [1.29, 1.82) is 0 Å². The maximum absolute atomic E-state index is 10.2. The van der Waals surface area contributed by atoms with Crippen LogP contribution < -0.4 is 0 Å². The van der Waals surface area contributed by atoms with Gasteiger partial charge in [0.05, 0.1) is 6.61 Å². The Morgan fingerprint density at radius 2 is 2.07 bits per heavy atom. The molecule has 7 heteroatoms. The highest BCUT2D eigenvalue weighted by atomic mass is 32.2. The van der Waals surface area contributed by atoms with Crippen molar-refractivity contribution in [1.82, 2.24) is 0 Å². The minimum atomic E-state index is -4.13. The fraction of sp³-hybridized carbons (Fsp3) is 0.714. The Labute approximate surface area is 82.3 Å². The highest BCUT2D eigenvalue weighted by Gasteiger charge is 2.01. The average Bonchev–Trinajstić information content (AvgIpc) is 2.02. The van der Waals surface area contributed by atoms with E-state index >= 15 is 0 Å². The van der Waals surface area contributed by atoms with Gasteiger partial charge in [-0.2, -0.15) is 8.42 Å². The van der Waals surface area contributed by atoms with E-state index in [2.05, 4.69) is 10.7 Å². The zero-order valence-corrected chi connectivity index (χ0v) is 8.20. The molecule has 0 saturated carbocycles. The molecule has 1 unspecified atom stereocenters. The summed E-state index contributed by atoms with van der Waals surface area (Å²) in [6.45, 7) is 0.0589. The quantitative estimate of drug-likeness (QED) is 0.229. The molecule has 0 aromatic heterocycles. The van der Waals surface area contributed by atoms with Crippen LogP contribution in [0.2, 0.25) is 0 Å². The van der Waals surface area contributed by atoms with Crippen molar-refractivity contribution in [3.63, 3.8) is 0 Å². The van der Waals surface area contributed by atoms with Gasteiger partial charge in [-0.15, -0.1) is 0 Å². The molecule has 3 N–H and O–H groups in total. The fourth-order valence-electron chi connectivity index (χ4n) is 0.521. The molecule has 0 aromatic rings. The second kappa shape index (κ2) is 6.75. The van der Waals surface area contributed by atoms with Gasteiger partial charge < -0.3 is 14.9 Å². The molecule has 0 aliphatic heterocycles. The third-order valence-corrected chi connectivity index (χ3v) is 1.57. The Bertz CT molecular complexity index is 298. The standard InChI is InChI=1S/C7H12O6S/c8-4-2-5-13-7(9)3-1-6-14(10,11)12/h7-9H,2,4-6H2,(H,10,11,12). The average molecular weight is 224 g/mol. The van der Waals surface area contributed by atoms with Crippen molar-refractivity contribution < 1.29 is 27.9 Å². The molecular weight excluding hydrogens is 212 g/mol. The van der Waals surface area contributed by atoms with Crippen molar-refractivity contribution in [3.8, 4) is 11.8 Å². The zero-order chi connectivity index (χ0) is 11.0. The molecule has 0 rings (SSSR count). The third-order valence-electron chi connectivity index (χ3n) is 1.06. The van der Waals surface area contributed by atoms with Crippen LogP contribution in [0.1, 0.15) is 6.42 Å². The lowest BCUT2D eigenvalue weighted by atomic mass is 10.5. The SMILES string of the molecule is O=S(=O)(O)CC#CC(O)OCCCO. The van der Waals surface area contributed by atoms with Crippen LogP contribution in [0.5, 0.6) is 0 Å². The van der Waals surface area contributed by atoms with E-state index in [4.69, 9.17) is 14.8 Å². The van der Waals surface area contributed by atoms with E-state index < -0.39 is 22.2 Å². The van der Waals surface area contributed by atoms with E-state index in [1.807, 2.05) is 5.92 Å². The van der Waals surface area contributed by atoms with Crippen molar-refractivity contribution in [2.75, 3.05) is 19.0 Å². The van der Waals surface area contributed by atoms with Crippen LogP contribution in [0.15, 0.2) is 0 Å². The maximum atomic E-state index is 10.2. The first-order chi connectivity index (χ1) is 6.45. The van der Waals surface area contributed by atoms with E-state index in [9.17, 15) is 8.42 Å². The smallest absolute Gasteiger partial charge is 0.276 e. The lowest BCUT2D eigenvalue weighted by Crippen LogP contribution is -2.11. The number of hydrogen-bond donors (Lipinski definition) is 3. The van der Waals surface area contributed by atoms with Gasteiger partial charge in [-0.1, -0.05) is 5.92 Å². The Balaban J connectivity index is 3.75. The third kappa shape index (κ3) is 9.44. The van der Waals surface area contributed by atoms with Crippen molar-refractivity contribution in [2.45, 2.75) is 12.7 Å². The van der Waals surface area contributed by atoms with Gasteiger partial charge in [0.15, 0.2) is 0 Å². The van der Waals surface area contributed by atoms with E-state index in [0.717, 1.165) is 0 Å². The molecular formula is C7H12O6S. The molecule has 0 aromatic carbocycles. The van der Waals surface area contributed by atoms with Crippen LogP contribution >= 0.6 is 0 Å². The number of aliphatic hydroxyl groups is 2. The summed E-state index contributed by atoms with van der Waals surface area (Å²) in [7, 11) is -4.13. The summed E-state index contributed by atoms with van der Waals surface area (Å²) in [5, 5.41) is 17.3. The molecule has 14 heavy (non-hydrogen) atoms. The van der Waals surface area contributed by atoms with E-state index in [1.165, 1.54) is 0 Å². The summed E-state index contributed by atoms with van der Waals surface area (Å²) in [5.41, 5.74) is 0. The van der Waals surface area contributed by atoms with Crippen molar-refractivity contribution >= 4 is 10.1 Å². The molecule has 0 aliphatic rings. The van der Waals surface area contributed by atoms with Gasteiger partial charge in [-0.3, -0.25) is 4.55 Å². The first kappa shape index (κ1) is 13.4. The van der Waals surface area contributed by atoms with E-state index in [0.29, 0.717) is 6.42 Å². The second-order valence-electron chi connectivity index (χ2n) is 2.35. The zero-order valence-electron chi connectivity index (χ0n) is 7.38. The number of aliphatic hydroxyl groups excluding tert-OH is 2. The molecule has 0 bridgehead atoms. The second-order valence-corrected chi connectivity index (χ2v) is 3.80. The Morgan fingerprint density at radius 3 is 2.57 bits per heavy atom. The predicted molar refractivity (Wildman–Crippen MR) is 47.9 cm³/mol. The molecule has 0 fully saturated rings. The fourth-order valence-corrected chi connectivity index (χ4v) is 0.787. The minimum absolute atomic E-state index is 0.0643. The molecule has 82 valence electrons. The summed E-state index contributed by atoms with van der Waals surface area (Å²) < 4.78 is 33.2. The lowest BCUT2D eigenvalue weighted by Gasteiger charge is -2.03. The number of ether oxygens (including phenoxy) is 1. The Hall–Kier alpha value is -0.650. The molecule has 0 heterocycles. The first-order valence-corrected chi connectivity index (χ1v) is 5.40. The normalized spacial score (nSPS) is 13.1. The van der Waals surface area contributed by atoms with Crippen LogP contribution in [-0.4, -0.2) is 48.4 Å². The predicted octanol–water partition coefficient (Wildman–Crippen LogP) is -1.41. The monoisotopic (exact) mass is 224 g/mol. The number of rotatable bonds is 5. The highest BCUT2D eigenvalue weighted by Crippen LogP contribution is 1.87. The highest BCUT2D eigenvalue weighted by molar-refractivity contribution is 7.86. The molecule has 6 nitrogen and oxygen atoms in total. The van der Waals surface area contributed by atoms with Gasteiger partial charge in [0, 0.05) is 6.61 Å². The van der Waals surface area contributed by atoms with Crippen LogP contribution in [0, 0.1) is 11.8 Å². The molecule has 0 radical (unpaired) electrons. The summed E-state index contributed by atoms with van der Waals surface area (Å²) in [4.78, 5) is 0. The van der Waals surface area contributed by atoms with Crippen LogP contribution in [-0.2, 0) is 14.9 Å². The Morgan fingerprint density at radius 1 is 1.43 bits per heavy atom. The van der Waals surface area contributed by atoms with Gasteiger partial charge >= 0.3 is 0 Å². The molecule has 0 aliphatic carbocycles. The molecule has 0 spiro atoms. The Kier molecular flexibility index (Phi) is 6.44.